The summed E-state index contributed by atoms with van der Waals surface area (Å²) in [6, 6.07) is 0. The van der Waals surface area contributed by atoms with Crippen LogP contribution < -0.4 is 0 Å². The normalized spacial score (nSPS) is 52.0. The summed E-state index contributed by atoms with van der Waals surface area (Å²) in [5, 5.41) is 3.98. The van der Waals surface area contributed by atoms with Gasteiger partial charge < -0.3 is 4.74 Å². The van der Waals surface area contributed by atoms with Crippen molar-refractivity contribution in [3.63, 3.8) is 0 Å². The molecule has 0 aliphatic carbocycles. The lowest BCUT2D eigenvalue weighted by molar-refractivity contribution is -0.506. The third-order valence-electron chi connectivity index (χ3n) is 0.682. The number of ether oxygens (including phenoxy) is 1. The Balaban J connectivity index is 2.09. The minimum absolute atomic E-state index is 0.231. The molecular weight excluding hydrogens is 88.0 g/mol. The van der Waals surface area contributed by atoms with Crippen LogP contribution in [0.15, 0.2) is 0 Å². The zero-order valence-electron chi connectivity index (χ0n) is 2.79. The Morgan fingerprint density at radius 3 is 1.83 bits per heavy atom. The summed E-state index contributed by atoms with van der Waals surface area (Å²) in [5.41, 5.74) is 0. The largest absolute Gasteiger partial charge is 0.307 e. The molecule has 2 heterocycles. The Morgan fingerprint density at radius 2 is 1.67 bits per heavy atom. The third-order valence-corrected chi connectivity index (χ3v) is 0.682. The van der Waals surface area contributed by atoms with E-state index in [1.54, 1.807) is 0 Å². The molecule has 0 aromatic heterocycles. The van der Waals surface area contributed by atoms with Crippen LogP contribution in [0, 0.1) is 0 Å². The molecule has 0 aromatic rings. The van der Waals surface area contributed by atoms with Crippen molar-refractivity contribution in [2.45, 2.75) is 12.6 Å². The van der Waals surface area contributed by atoms with Gasteiger partial charge in [0.1, 0.15) is 0 Å². The highest BCUT2D eigenvalue weighted by Crippen LogP contribution is 2.30. The molecule has 2 fully saturated rings. The maximum atomic E-state index is 4.58. The molecule has 2 saturated heterocycles. The summed E-state index contributed by atoms with van der Waals surface area (Å²) in [4.78, 5) is 8.56. The molecule has 2 aliphatic rings. The molecule has 0 N–H and O–H groups in total. The number of hydrogen-bond acceptors (Lipinski definition) is 4. The van der Waals surface area contributed by atoms with Gasteiger partial charge >= 0.3 is 0 Å². The van der Waals surface area contributed by atoms with E-state index in [1.807, 2.05) is 0 Å². The van der Waals surface area contributed by atoms with E-state index in [1.165, 1.54) is 0 Å². The summed E-state index contributed by atoms with van der Waals surface area (Å²) in [6.07, 6.45) is -0.463. The van der Waals surface area contributed by atoms with Crippen molar-refractivity contribution in [1.82, 2.24) is 0 Å². The van der Waals surface area contributed by atoms with Gasteiger partial charge in [0.25, 0.3) is 12.6 Å². The Morgan fingerprint density at radius 1 is 1.00 bits per heavy atom. The molecule has 34 valence electrons. The highest BCUT2D eigenvalue weighted by Gasteiger charge is 2.50. The van der Waals surface area contributed by atoms with Crippen molar-refractivity contribution in [2.24, 2.45) is 0 Å². The molecule has 4 heteroatoms. The van der Waals surface area contributed by atoms with Gasteiger partial charge in [-0.3, -0.25) is 0 Å². The molecule has 2 aliphatic heterocycles. The van der Waals surface area contributed by atoms with E-state index in [0.717, 1.165) is 0 Å². The Kier molecular flexibility index (Phi) is 0.359. The van der Waals surface area contributed by atoms with E-state index in [9.17, 15) is 0 Å². The maximum Gasteiger partial charge on any atom is 0.251 e. The molecular formula is C2H2O4. The van der Waals surface area contributed by atoms with E-state index < -0.39 is 0 Å². The first kappa shape index (κ1) is 2.92. The van der Waals surface area contributed by atoms with Crippen LogP contribution in [0.1, 0.15) is 0 Å². The van der Waals surface area contributed by atoms with Crippen LogP contribution in [0.2, 0.25) is 0 Å². The Bertz CT molecular complexity index is 63.9. The first-order valence-electron chi connectivity index (χ1n) is 1.61. The van der Waals surface area contributed by atoms with Gasteiger partial charge in [-0.05, 0) is 0 Å². The molecule has 0 spiro atoms. The van der Waals surface area contributed by atoms with Crippen LogP contribution in [-0.4, -0.2) is 12.6 Å². The summed E-state index contributed by atoms with van der Waals surface area (Å²) < 4.78 is 4.58. The topological polar surface area (TPSA) is 40.2 Å². The molecule has 2 atom stereocenters. The number of hydrogen-bond donors (Lipinski definition) is 0. The van der Waals surface area contributed by atoms with Crippen LogP contribution in [-0.2, 0) is 19.6 Å². The smallest absolute Gasteiger partial charge is 0.251 e. The number of fused-ring (bicyclic) bond motifs is 1. The second-order valence-electron chi connectivity index (χ2n) is 1.13. The summed E-state index contributed by atoms with van der Waals surface area (Å²) in [7, 11) is 0. The van der Waals surface area contributed by atoms with Crippen molar-refractivity contribution >= 4 is 0 Å². The van der Waals surface area contributed by atoms with Gasteiger partial charge in [-0.1, -0.05) is 5.04 Å². The maximum absolute atomic E-state index is 4.58. The average molecular weight is 90.0 g/mol. The molecule has 6 heavy (non-hydrogen) atoms. The highest BCUT2D eigenvalue weighted by atomic mass is 17.6. The van der Waals surface area contributed by atoms with Gasteiger partial charge in [-0.2, -0.15) is 9.78 Å². The zero-order chi connectivity index (χ0) is 3.98. The quantitative estimate of drug-likeness (QED) is 0.298. The lowest BCUT2D eigenvalue weighted by Crippen LogP contribution is -1.85. The fraction of sp³-hybridized carbons (Fsp3) is 1.00. The fourth-order valence-corrected chi connectivity index (χ4v) is 0.323. The van der Waals surface area contributed by atoms with Gasteiger partial charge in [-0.25, -0.2) is 0 Å². The molecule has 2 rings (SSSR count). The van der Waals surface area contributed by atoms with Crippen LogP contribution in [0.25, 0.3) is 0 Å². The van der Waals surface area contributed by atoms with Crippen molar-refractivity contribution in [2.75, 3.05) is 0 Å². The minimum atomic E-state index is -0.231. The van der Waals surface area contributed by atoms with Gasteiger partial charge in [0.2, 0.25) is 0 Å². The lowest BCUT2D eigenvalue weighted by atomic mass is 10.8. The molecule has 0 bridgehead atoms. The van der Waals surface area contributed by atoms with Gasteiger partial charge in [0, 0.05) is 0 Å². The third kappa shape index (κ3) is 0.221. The first-order valence-corrected chi connectivity index (χ1v) is 1.61. The predicted molar refractivity (Wildman–Crippen MR) is 11.9 cm³/mol. The van der Waals surface area contributed by atoms with E-state index >= 15 is 0 Å². The zero-order valence-corrected chi connectivity index (χ0v) is 2.79. The van der Waals surface area contributed by atoms with Crippen molar-refractivity contribution in [3.05, 3.63) is 0 Å². The summed E-state index contributed by atoms with van der Waals surface area (Å²) in [5.74, 6) is 0. The number of rotatable bonds is 0. The Hall–Kier alpha value is -0.160. The molecule has 0 radical (unpaired) electrons. The van der Waals surface area contributed by atoms with Crippen LogP contribution >= 0.6 is 0 Å². The minimum Gasteiger partial charge on any atom is -0.307 e. The SMILES string of the molecule is O1OC2OC2O1. The van der Waals surface area contributed by atoms with Crippen molar-refractivity contribution < 1.29 is 19.6 Å². The first-order chi connectivity index (χ1) is 2.97. The molecule has 0 aromatic carbocycles. The van der Waals surface area contributed by atoms with E-state index in [2.05, 4.69) is 19.6 Å². The van der Waals surface area contributed by atoms with E-state index in [-0.39, 0.29) is 12.6 Å². The van der Waals surface area contributed by atoms with Crippen molar-refractivity contribution in [3.8, 4) is 0 Å². The highest BCUT2D eigenvalue weighted by molar-refractivity contribution is 4.63. The molecule has 2 unspecified atom stereocenters. The van der Waals surface area contributed by atoms with Gasteiger partial charge in [-0.15, -0.1) is 0 Å². The Labute approximate surface area is 33.4 Å². The van der Waals surface area contributed by atoms with Crippen molar-refractivity contribution in [1.29, 1.82) is 0 Å². The molecule has 0 saturated carbocycles. The monoisotopic (exact) mass is 90.0 g/mol. The van der Waals surface area contributed by atoms with E-state index in [4.69, 9.17) is 0 Å². The second kappa shape index (κ2) is 0.737. The molecule has 0 amide bonds. The van der Waals surface area contributed by atoms with Crippen LogP contribution in [0.3, 0.4) is 0 Å². The van der Waals surface area contributed by atoms with Crippen LogP contribution in [0.5, 0.6) is 0 Å². The number of epoxide rings is 1. The summed E-state index contributed by atoms with van der Waals surface area (Å²) >= 11 is 0. The second-order valence-corrected chi connectivity index (χ2v) is 1.13. The van der Waals surface area contributed by atoms with E-state index in [0.29, 0.717) is 0 Å². The lowest BCUT2D eigenvalue weighted by Gasteiger charge is -1.85. The fourth-order valence-electron chi connectivity index (χ4n) is 0.323. The predicted octanol–water partition coefficient (Wildman–Crippen LogP) is -0.438. The average Bonchev–Trinajstić information content (AvgIpc) is 2.17. The molecule has 4 nitrogen and oxygen atoms in total. The summed E-state index contributed by atoms with van der Waals surface area (Å²) in [6.45, 7) is 0. The standard InChI is InChI=1S/C2H2O4/c3-1-2(3)5-6-4-1/h1-2H. The van der Waals surface area contributed by atoms with Crippen LogP contribution in [0.4, 0.5) is 0 Å². The van der Waals surface area contributed by atoms with Gasteiger partial charge in [0.05, 0.1) is 0 Å². The van der Waals surface area contributed by atoms with Gasteiger partial charge in [0.15, 0.2) is 0 Å².